The number of halogens is 2. The van der Waals surface area contributed by atoms with Crippen LogP contribution in [0.2, 0.25) is 0 Å². The van der Waals surface area contributed by atoms with E-state index < -0.39 is 26.9 Å². The Morgan fingerprint density at radius 1 is 1.10 bits per heavy atom. The first-order chi connectivity index (χ1) is 9.11. The number of hydrogen-bond donors (Lipinski definition) is 1. The van der Waals surface area contributed by atoms with E-state index in [9.17, 15) is 22.0 Å². The van der Waals surface area contributed by atoms with Gasteiger partial charge in [0, 0.05) is 0 Å². The van der Waals surface area contributed by atoms with Crippen molar-refractivity contribution in [1.29, 1.82) is 0 Å². The van der Waals surface area contributed by atoms with Gasteiger partial charge in [0.25, 0.3) is 0 Å². The van der Waals surface area contributed by atoms with Gasteiger partial charge in [0.15, 0.2) is 0 Å². The highest BCUT2D eigenvalue weighted by molar-refractivity contribution is 7.87. The zero-order chi connectivity index (χ0) is 14.8. The Hall–Kier alpha value is -0.760. The fraction of sp³-hybridized carbons (Fsp3) is 0.917. The highest BCUT2D eigenvalue weighted by Gasteiger charge is 2.59. The molecule has 4 aliphatic rings. The molecule has 0 amide bonds. The van der Waals surface area contributed by atoms with Crippen LogP contribution in [0.1, 0.15) is 38.5 Å². The molecule has 0 atom stereocenters. The largest absolute Gasteiger partial charge is 0.465 e. The number of carbonyl (C=O) groups is 1. The van der Waals surface area contributed by atoms with Crippen molar-refractivity contribution in [3.8, 4) is 0 Å². The summed E-state index contributed by atoms with van der Waals surface area (Å²) in [5.74, 6) is -1.04. The van der Waals surface area contributed by atoms with E-state index in [0.717, 1.165) is 19.3 Å². The lowest BCUT2D eigenvalue weighted by atomic mass is 9.54. The quantitative estimate of drug-likeness (QED) is 0.637. The summed E-state index contributed by atoms with van der Waals surface area (Å²) in [7, 11) is -5.79. The first-order valence-electron chi connectivity index (χ1n) is 6.70. The van der Waals surface area contributed by atoms with E-state index >= 15 is 0 Å². The molecule has 0 radical (unpaired) electrons. The van der Waals surface area contributed by atoms with Crippen LogP contribution in [0, 0.1) is 17.8 Å². The summed E-state index contributed by atoms with van der Waals surface area (Å²) < 4.78 is 61.1. The number of carbonyl (C=O) groups excluding carboxylic acids is 1. The van der Waals surface area contributed by atoms with Gasteiger partial charge in [0.2, 0.25) is 0 Å². The minimum Gasteiger partial charge on any atom is -0.454 e. The van der Waals surface area contributed by atoms with Crippen molar-refractivity contribution in [3.05, 3.63) is 0 Å². The third-order valence-corrected chi connectivity index (χ3v) is 5.67. The second-order valence-electron chi connectivity index (χ2n) is 6.48. The average Bonchev–Trinajstić information content (AvgIpc) is 2.24. The molecule has 8 heteroatoms. The normalized spacial score (nSPS) is 39.9. The molecule has 0 aromatic rings. The lowest BCUT2D eigenvalue weighted by Crippen LogP contribution is -2.55. The molecule has 4 fully saturated rings. The first-order valence-corrected chi connectivity index (χ1v) is 8.14. The van der Waals surface area contributed by atoms with E-state index in [1.165, 1.54) is 0 Å². The molecule has 114 valence electrons. The van der Waals surface area contributed by atoms with E-state index in [0.29, 0.717) is 37.0 Å². The zero-order valence-corrected chi connectivity index (χ0v) is 11.5. The van der Waals surface area contributed by atoms with Crippen LogP contribution in [0.25, 0.3) is 0 Å². The fourth-order valence-corrected chi connectivity index (χ4v) is 4.77. The van der Waals surface area contributed by atoms with Gasteiger partial charge >= 0.3 is 21.3 Å². The number of ether oxygens (including phenoxy) is 1. The van der Waals surface area contributed by atoms with Gasteiger partial charge in [0.1, 0.15) is 5.60 Å². The second-order valence-corrected chi connectivity index (χ2v) is 7.94. The van der Waals surface area contributed by atoms with E-state index in [4.69, 9.17) is 9.29 Å². The molecule has 4 bridgehead atoms. The Morgan fingerprint density at radius 2 is 1.50 bits per heavy atom. The lowest BCUT2D eigenvalue weighted by Gasteiger charge is -2.55. The van der Waals surface area contributed by atoms with Gasteiger partial charge in [-0.1, -0.05) is 0 Å². The van der Waals surface area contributed by atoms with Crippen molar-refractivity contribution in [2.75, 3.05) is 0 Å². The molecule has 4 aliphatic carbocycles. The summed E-state index contributed by atoms with van der Waals surface area (Å²) in [4.78, 5) is 11.5. The first kappa shape index (κ1) is 14.2. The van der Waals surface area contributed by atoms with Crippen molar-refractivity contribution >= 4 is 16.1 Å². The standard InChI is InChI=1S/C12H16F2O5S/c13-12(14,20(16,17)18)10(15)19-11-4-7-1-8(5-11)3-9(2-7)6-11/h7-9H,1-6H2,(H,16,17,18). The molecular weight excluding hydrogens is 294 g/mol. The van der Waals surface area contributed by atoms with Gasteiger partial charge in [-0.3, -0.25) is 4.55 Å². The van der Waals surface area contributed by atoms with Crippen LogP contribution in [0.4, 0.5) is 8.78 Å². The number of alkyl halides is 2. The highest BCUT2D eigenvalue weighted by atomic mass is 32.2. The van der Waals surface area contributed by atoms with Gasteiger partial charge in [-0.2, -0.15) is 17.2 Å². The second kappa shape index (κ2) is 4.13. The minimum atomic E-state index is -5.79. The highest BCUT2D eigenvalue weighted by Crippen LogP contribution is 2.57. The third kappa shape index (κ3) is 2.13. The predicted octanol–water partition coefficient (Wildman–Crippen LogP) is 1.98. The lowest BCUT2D eigenvalue weighted by molar-refractivity contribution is -0.201. The van der Waals surface area contributed by atoms with Crippen LogP contribution in [0.15, 0.2) is 0 Å². The Morgan fingerprint density at radius 3 is 1.85 bits per heavy atom. The number of esters is 1. The molecule has 0 saturated heterocycles. The molecule has 5 nitrogen and oxygen atoms in total. The van der Waals surface area contributed by atoms with Crippen LogP contribution in [0.3, 0.4) is 0 Å². The van der Waals surface area contributed by atoms with Gasteiger partial charge < -0.3 is 4.74 Å². The molecule has 0 heterocycles. The third-order valence-electron chi connectivity index (χ3n) is 4.85. The monoisotopic (exact) mass is 310 g/mol. The van der Waals surface area contributed by atoms with Crippen molar-refractivity contribution in [2.45, 2.75) is 49.4 Å². The Balaban J connectivity index is 1.80. The van der Waals surface area contributed by atoms with Gasteiger partial charge in [0.05, 0.1) is 0 Å². The van der Waals surface area contributed by atoms with E-state index in [2.05, 4.69) is 0 Å². The molecule has 0 aromatic heterocycles. The zero-order valence-electron chi connectivity index (χ0n) is 10.7. The van der Waals surface area contributed by atoms with Crippen LogP contribution in [-0.4, -0.2) is 29.8 Å². The van der Waals surface area contributed by atoms with Crippen molar-refractivity contribution < 1.29 is 31.3 Å². The van der Waals surface area contributed by atoms with E-state index in [-0.39, 0.29) is 0 Å². The van der Waals surface area contributed by atoms with Gasteiger partial charge in [-0.15, -0.1) is 0 Å². The van der Waals surface area contributed by atoms with Gasteiger partial charge in [-0.25, -0.2) is 4.79 Å². The molecule has 0 spiro atoms. The van der Waals surface area contributed by atoms with Crippen molar-refractivity contribution in [3.63, 3.8) is 0 Å². The van der Waals surface area contributed by atoms with Crippen molar-refractivity contribution in [2.24, 2.45) is 17.8 Å². The van der Waals surface area contributed by atoms with E-state index in [1.807, 2.05) is 0 Å². The number of hydrogen-bond acceptors (Lipinski definition) is 4. The van der Waals surface area contributed by atoms with Crippen LogP contribution < -0.4 is 0 Å². The summed E-state index contributed by atoms with van der Waals surface area (Å²) in [5.41, 5.74) is -0.958. The predicted molar refractivity (Wildman–Crippen MR) is 63.5 cm³/mol. The Bertz CT molecular complexity index is 507. The fourth-order valence-electron chi connectivity index (χ4n) is 4.52. The van der Waals surface area contributed by atoms with Crippen molar-refractivity contribution in [1.82, 2.24) is 0 Å². The van der Waals surface area contributed by atoms with Crippen LogP contribution in [0.5, 0.6) is 0 Å². The molecule has 20 heavy (non-hydrogen) atoms. The topological polar surface area (TPSA) is 80.7 Å². The summed E-state index contributed by atoms with van der Waals surface area (Å²) in [5, 5.41) is -4.89. The van der Waals surface area contributed by atoms with Gasteiger partial charge in [-0.05, 0) is 56.3 Å². The minimum absolute atomic E-state index is 0.369. The SMILES string of the molecule is O=C(OC12CC3CC(CC(C3)C1)C2)C(F)(F)S(=O)(=O)O. The summed E-state index contributed by atoms with van der Waals surface area (Å²) >= 11 is 0. The smallest absolute Gasteiger partial charge is 0.454 e. The molecule has 4 saturated carbocycles. The van der Waals surface area contributed by atoms with E-state index in [1.54, 1.807) is 0 Å². The summed E-state index contributed by atoms with van der Waals surface area (Å²) in [6.07, 6.45) is 4.66. The molecule has 0 unspecified atom stereocenters. The maximum Gasteiger partial charge on any atom is 0.465 e. The maximum absolute atomic E-state index is 13.3. The molecule has 0 aromatic carbocycles. The Kier molecular flexibility index (Phi) is 2.93. The van der Waals surface area contributed by atoms with Crippen LogP contribution >= 0.6 is 0 Å². The summed E-state index contributed by atoms with van der Waals surface area (Å²) in [6.45, 7) is 0. The molecular formula is C12H16F2O5S. The Labute approximate surface area is 115 Å². The molecule has 0 aliphatic heterocycles. The summed E-state index contributed by atoms with van der Waals surface area (Å²) in [6, 6.07) is 0. The van der Waals surface area contributed by atoms with Crippen LogP contribution in [-0.2, 0) is 19.6 Å². The maximum atomic E-state index is 13.3. The molecule has 4 rings (SSSR count). The molecule has 1 N–H and O–H groups in total. The average molecular weight is 310 g/mol. The number of rotatable bonds is 3.